The molecule has 3 aromatic rings. The van der Waals surface area contributed by atoms with Crippen LogP contribution in [-0.4, -0.2) is 54.7 Å². The van der Waals surface area contributed by atoms with Crippen LogP contribution in [0, 0.1) is 13.8 Å². The average Bonchev–Trinajstić information content (AvgIpc) is 3.10. The van der Waals surface area contributed by atoms with E-state index in [0.29, 0.717) is 17.8 Å². The third kappa shape index (κ3) is 5.75. The van der Waals surface area contributed by atoms with Crippen LogP contribution in [0.3, 0.4) is 0 Å². The number of rotatable bonds is 9. The number of ether oxygens (including phenoxy) is 3. The Bertz CT molecular complexity index is 1210. The van der Waals surface area contributed by atoms with Gasteiger partial charge in [-0.2, -0.15) is 0 Å². The summed E-state index contributed by atoms with van der Waals surface area (Å²) in [5.41, 5.74) is 2.72. The van der Waals surface area contributed by atoms with Crippen LogP contribution >= 0.6 is 0 Å². The third-order valence-corrected chi connectivity index (χ3v) is 5.67. The number of aryl methyl sites for hydroxylation is 1. The summed E-state index contributed by atoms with van der Waals surface area (Å²) in [7, 11) is 3.30. The number of carbonyl (C=O) groups is 3. The van der Waals surface area contributed by atoms with Crippen molar-refractivity contribution in [3.05, 3.63) is 65.0 Å². The number of hydrogen-bond donors (Lipinski definition) is 0. The molecule has 1 heterocycles. The molecule has 1 amide bonds. The van der Waals surface area contributed by atoms with E-state index in [9.17, 15) is 14.4 Å². The Hall–Kier alpha value is -3.81. The Morgan fingerprint density at radius 3 is 2.38 bits per heavy atom. The number of fused-ring (bicyclic) bond motifs is 1. The van der Waals surface area contributed by atoms with E-state index in [1.165, 1.54) is 4.90 Å². The molecule has 0 fully saturated rings. The highest BCUT2D eigenvalue weighted by Gasteiger charge is 2.19. The Morgan fingerprint density at radius 1 is 0.971 bits per heavy atom. The van der Waals surface area contributed by atoms with E-state index in [-0.39, 0.29) is 25.7 Å². The van der Waals surface area contributed by atoms with Crippen LogP contribution in [-0.2, 0) is 32.2 Å². The predicted octanol–water partition coefficient (Wildman–Crippen LogP) is 3.65. The molecule has 0 atom stereocenters. The highest BCUT2D eigenvalue weighted by molar-refractivity contribution is 5.91. The van der Waals surface area contributed by atoms with Crippen molar-refractivity contribution in [2.45, 2.75) is 33.9 Å². The highest BCUT2D eigenvalue weighted by atomic mass is 16.5. The standard InChI is InChI=1S/C26H30N2O6/c1-6-33-26(31)23-11-17(2)28(18(23)3)15-25(30)34-16-24(29)27(4)14-19-7-8-21-13-22(32-5)10-9-20(21)12-19/h7-13H,6,14-16H2,1-5H3. The minimum absolute atomic E-state index is 0.0950. The van der Waals surface area contributed by atoms with Crippen LogP contribution in [0.2, 0.25) is 0 Å². The molecular formula is C26H30N2O6. The van der Waals surface area contributed by atoms with Gasteiger partial charge in [-0.05, 0) is 61.4 Å². The topological polar surface area (TPSA) is 87.1 Å². The smallest absolute Gasteiger partial charge is 0.339 e. The lowest BCUT2D eigenvalue weighted by Gasteiger charge is -2.18. The molecule has 3 rings (SSSR count). The van der Waals surface area contributed by atoms with Crippen LogP contribution in [0.1, 0.15) is 34.2 Å². The summed E-state index contributed by atoms with van der Waals surface area (Å²) >= 11 is 0. The average molecular weight is 467 g/mol. The summed E-state index contributed by atoms with van der Waals surface area (Å²) in [6.07, 6.45) is 0. The van der Waals surface area contributed by atoms with E-state index in [1.54, 1.807) is 45.6 Å². The zero-order chi connectivity index (χ0) is 24.8. The summed E-state index contributed by atoms with van der Waals surface area (Å²) in [5, 5.41) is 2.10. The van der Waals surface area contributed by atoms with Crippen molar-refractivity contribution in [1.29, 1.82) is 0 Å². The number of hydrogen-bond acceptors (Lipinski definition) is 6. The van der Waals surface area contributed by atoms with Crippen LogP contribution in [0.4, 0.5) is 0 Å². The predicted molar refractivity (Wildman–Crippen MR) is 128 cm³/mol. The summed E-state index contributed by atoms with van der Waals surface area (Å²) in [5.74, 6) is -0.508. The second kappa shape index (κ2) is 10.9. The van der Waals surface area contributed by atoms with E-state index < -0.39 is 11.9 Å². The Morgan fingerprint density at radius 2 is 1.68 bits per heavy atom. The van der Waals surface area contributed by atoms with Gasteiger partial charge in [0.05, 0.1) is 19.3 Å². The minimum atomic E-state index is -0.557. The van der Waals surface area contributed by atoms with Crippen LogP contribution in [0.5, 0.6) is 5.75 Å². The molecule has 0 aliphatic carbocycles. The zero-order valence-corrected chi connectivity index (χ0v) is 20.2. The molecule has 180 valence electrons. The molecule has 0 saturated carbocycles. The van der Waals surface area contributed by atoms with Crippen molar-refractivity contribution >= 4 is 28.6 Å². The van der Waals surface area contributed by atoms with Crippen molar-refractivity contribution in [3.8, 4) is 5.75 Å². The SMILES string of the molecule is CCOC(=O)c1cc(C)n(CC(=O)OCC(=O)N(C)Cc2ccc3cc(OC)ccc3c2)c1C. The van der Waals surface area contributed by atoms with Crippen molar-refractivity contribution < 1.29 is 28.6 Å². The maximum atomic E-state index is 12.5. The molecule has 0 unspecified atom stereocenters. The maximum Gasteiger partial charge on any atom is 0.339 e. The summed E-state index contributed by atoms with van der Waals surface area (Å²) in [6, 6.07) is 13.5. The van der Waals surface area contributed by atoms with Gasteiger partial charge in [0.1, 0.15) is 12.3 Å². The molecule has 0 spiro atoms. The number of esters is 2. The summed E-state index contributed by atoms with van der Waals surface area (Å²) in [4.78, 5) is 38.4. The van der Waals surface area contributed by atoms with Crippen LogP contribution in [0.15, 0.2) is 42.5 Å². The number of nitrogens with zero attached hydrogens (tertiary/aromatic N) is 2. The van der Waals surface area contributed by atoms with Crippen LogP contribution in [0.25, 0.3) is 10.8 Å². The normalized spacial score (nSPS) is 10.7. The largest absolute Gasteiger partial charge is 0.497 e. The molecule has 0 aliphatic rings. The molecule has 0 radical (unpaired) electrons. The molecule has 0 saturated heterocycles. The van der Waals surface area contributed by atoms with E-state index in [0.717, 1.165) is 27.8 Å². The molecule has 1 aromatic heterocycles. The van der Waals surface area contributed by atoms with Gasteiger partial charge in [-0.3, -0.25) is 9.59 Å². The lowest BCUT2D eigenvalue weighted by Crippen LogP contribution is -2.31. The summed E-state index contributed by atoms with van der Waals surface area (Å²) in [6.45, 7) is 5.48. The molecule has 8 heteroatoms. The molecule has 34 heavy (non-hydrogen) atoms. The van der Waals surface area contributed by atoms with Crippen LogP contribution < -0.4 is 4.74 Å². The molecule has 2 aromatic carbocycles. The second-order valence-electron chi connectivity index (χ2n) is 8.05. The van der Waals surface area contributed by atoms with E-state index >= 15 is 0 Å². The van der Waals surface area contributed by atoms with Crippen molar-refractivity contribution in [3.63, 3.8) is 0 Å². The van der Waals surface area contributed by atoms with Gasteiger partial charge in [0.15, 0.2) is 6.61 Å². The zero-order valence-electron chi connectivity index (χ0n) is 20.2. The highest BCUT2D eigenvalue weighted by Crippen LogP contribution is 2.22. The fourth-order valence-electron chi connectivity index (χ4n) is 3.75. The fraction of sp³-hybridized carbons (Fsp3) is 0.346. The van der Waals surface area contributed by atoms with E-state index in [4.69, 9.17) is 14.2 Å². The van der Waals surface area contributed by atoms with Gasteiger partial charge in [-0.1, -0.05) is 18.2 Å². The van der Waals surface area contributed by atoms with Gasteiger partial charge in [0.25, 0.3) is 5.91 Å². The first-order valence-corrected chi connectivity index (χ1v) is 11.0. The van der Waals surface area contributed by atoms with Crippen molar-refractivity contribution in [2.24, 2.45) is 0 Å². The number of carbonyl (C=O) groups excluding carboxylic acids is 3. The van der Waals surface area contributed by atoms with Gasteiger partial charge in [0, 0.05) is 25.0 Å². The molecule has 0 N–H and O–H groups in total. The Kier molecular flexibility index (Phi) is 7.94. The number of likely N-dealkylation sites (N-methyl/N-ethyl adjacent to an activating group) is 1. The van der Waals surface area contributed by atoms with Gasteiger partial charge < -0.3 is 23.7 Å². The quantitative estimate of drug-likeness (QED) is 0.448. The maximum absolute atomic E-state index is 12.5. The second-order valence-corrected chi connectivity index (χ2v) is 8.05. The van der Waals surface area contributed by atoms with Crippen molar-refractivity contribution in [2.75, 3.05) is 27.4 Å². The lowest BCUT2D eigenvalue weighted by molar-refractivity contribution is -0.152. The van der Waals surface area contributed by atoms with Gasteiger partial charge in [-0.15, -0.1) is 0 Å². The minimum Gasteiger partial charge on any atom is -0.497 e. The Labute approximate surface area is 199 Å². The van der Waals surface area contributed by atoms with E-state index in [2.05, 4.69) is 0 Å². The monoisotopic (exact) mass is 466 g/mol. The first-order valence-electron chi connectivity index (χ1n) is 11.0. The number of methoxy groups -OCH3 is 1. The molecular weight excluding hydrogens is 436 g/mol. The molecule has 8 nitrogen and oxygen atoms in total. The van der Waals surface area contributed by atoms with Crippen molar-refractivity contribution in [1.82, 2.24) is 9.47 Å². The number of aromatic nitrogens is 1. The van der Waals surface area contributed by atoms with Gasteiger partial charge in [-0.25, -0.2) is 4.79 Å². The Balaban J connectivity index is 1.55. The molecule has 0 bridgehead atoms. The fourth-order valence-corrected chi connectivity index (χ4v) is 3.75. The lowest BCUT2D eigenvalue weighted by atomic mass is 10.1. The first kappa shape index (κ1) is 24.8. The first-order chi connectivity index (χ1) is 16.2. The van der Waals surface area contributed by atoms with Gasteiger partial charge in [0.2, 0.25) is 0 Å². The number of benzene rings is 2. The molecule has 0 aliphatic heterocycles. The summed E-state index contributed by atoms with van der Waals surface area (Å²) < 4.78 is 17.2. The third-order valence-electron chi connectivity index (χ3n) is 5.67. The van der Waals surface area contributed by atoms with Gasteiger partial charge >= 0.3 is 11.9 Å². The number of amides is 1. The van der Waals surface area contributed by atoms with E-state index in [1.807, 2.05) is 36.4 Å².